The summed E-state index contributed by atoms with van der Waals surface area (Å²) in [6, 6.07) is 6.48. The monoisotopic (exact) mass is 275 g/mol. The molecule has 1 aliphatic heterocycles. The van der Waals surface area contributed by atoms with Crippen molar-refractivity contribution in [2.45, 2.75) is 40.7 Å². The number of hydrogen-bond donors (Lipinski definition) is 1. The Morgan fingerprint density at radius 3 is 2.65 bits per heavy atom. The second-order valence-electron chi connectivity index (χ2n) is 6.51. The summed E-state index contributed by atoms with van der Waals surface area (Å²) >= 11 is 0. The second kappa shape index (κ2) is 5.57. The second-order valence-corrected chi connectivity index (χ2v) is 6.51. The first-order chi connectivity index (χ1) is 9.35. The molecule has 0 radical (unpaired) electrons. The van der Waals surface area contributed by atoms with Gasteiger partial charge in [0.25, 0.3) is 0 Å². The van der Waals surface area contributed by atoms with Crippen molar-refractivity contribution in [2.24, 2.45) is 11.3 Å². The summed E-state index contributed by atoms with van der Waals surface area (Å²) in [7, 11) is 0. The molecule has 0 spiro atoms. The fourth-order valence-corrected chi connectivity index (χ4v) is 3.15. The smallest absolute Gasteiger partial charge is 0.311 e. The highest BCUT2D eigenvalue weighted by molar-refractivity contribution is 5.75. The first kappa shape index (κ1) is 15.0. The molecule has 1 heterocycles. The molecule has 0 aromatic heterocycles. The summed E-state index contributed by atoms with van der Waals surface area (Å²) in [6.45, 7) is 10.7. The minimum Gasteiger partial charge on any atom is -0.481 e. The molecule has 20 heavy (non-hydrogen) atoms. The highest BCUT2D eigenvalue weighted by Gasteiger charge is 2.47. The Kier molecular flexibility index (Phi) is 4.19. The molecule has 1 N–H and O–H groups in total. The SMILES string of the molecule is Cc1ccc(C)c(CN2CCC(C(=O)O)(C(C)C)C2)c1. The molecule has 1 fully saturated rings. The highest BCUT2D eigenvalue weighted by Crippen LogP contribution is 2.38. The van der Waals surface area contributed by atoms with Crippen molar-refractivity contribution in [1.29, 1.82) is 0 Å². The van der Waals surface area contributed by atoms with Gasteiger partial charge in [0.05, 0.1) is 5.41 Å². The average molecular weight is 275 g/mol. The zero-order valence-corrected chi connectivity index (χ0v) is 12.9. The molecule has 1 unspecified atom stereocenters. The van der Waals surface area contributed by atoms with Crippen molar-refractivity contribution in [3.8, 4) is 0 Å². The van der Waals surface area contributed by atoms with Gasteiger partial charge >= 0.3 is 5.97 Å². The number of aliphatic carboxylic acids is 1. The number of carboxylic acids is 1. The van der Waals surface area contributed by atoms with E-state index < -0.39 is 11.4 Å². The minimum atomic E-state index is -0.643. The Labute approximate surface area is 121 Å². The number of carboxylic acid groups (broad SMARTS) is 1. The summed E-state index contributed by atoms with van der Waals surface area (Å²) in [5, 5.41) is 9.59. The molecule has 1 saturated heterocycles. The van der Waals surface area contributed by atoms with Crippen LogP contribution in [0.15, 0.2) is 18.2 Å². The van der Waals surface area contributed by atoms with Crippen LogP contribution in [0.5, 0.6) is 0 Å². The summed E-state index contributed by atoms with van der Waals surface area (Å²) in [5.41, 5.74) is 3.29. The van der Waals surface area contributed by atoms with E-state index in [1.165, 1.54) is 16.7 Å². The number of hydrogen-bond acceptors (Lipinski definition) is 2. The van der Waals surface area contributed by atoms with Gasteiger partial charge in [0.1, 0.15) is 0 Å². The molecule has 0 bridgehead atoms. The third kappa shape index (κ3) is 2.73. The first-order valence-corrected chi connectivity index (χ1v) is 7.37. The maximum Gasteiger partial charge on any atom is 0.311 e. The molecular weight excluding hydrogens is 250 g/mol. The normalized spacial score (nSPS) is 23.4. The van der Waals surface area contributed by atoms with E-state index in [1.54, 1.807) is 0 Å². The third-order valence-corrected chi connectivity index (χ3v) is 4.81. The van der Waals surface area contributed by atoms with E-state index in [1.807, 2.05) is 13.8 Å². The first-order valence-electron chi connectivity index (χ1n) is 7.37. The number of carbonyl (C=O) groups is 1. The molecular formula is C17H25NO2. The van der Waals surface area contributed by atoms with Crippen LogP contribution in [0.25, 0.3) is 0 Å². The zero-order chi connectivity index (χ0) is 14.9. The van der Waals surface area contributed by atoms with Gasteiger partial charge in [-0.2, -0.15) is 0 Å². The van der Waals surface area contributed by atoms with Crippen LogP contribution >= 0.6 is 0 Å². The van der Waals surface area contributed by atoms with E-state index in [0.717, 1.165) is 19.5 Å². The fraction of sp³-hybridized carbons (Fsp3) is 0.588. The van der Waals surface area contributed by atoms with Crippen LogP contribution in [0, 0.1) is 25.2 Å². The number of benzene rings is 1. The van der Waals surface area contributed by atoms with Crippen LogP contribution in [-0.2, 0) is 11.3 Å². The van der Waals surface area contributed by atoms with Gasteiger partial charge in [0.2, 0.25) is 0 Å². The van der Waals surface area contributed by atoms with Crippen LogP contribution < -0.4 is 0 Å². The van der Waals surface area contributed by atoms with Crippen molar-refractivity contribution < 1.29 is 9.90 Å². The summed E-state index contributed by atoms with van der Waals surface area (Å²) in [6.07, 6.45) is 0.755. The predicted molar refractivity (Wildman–Crippen MR) is 80.7 cm³/mol. The third-order valence-electron chi connectivity index (χ3n) is 4.81. The van der Waals surface area contributed by atoms with Gasteiger partial charge in [0, 0.05) is 13.1 Å². The largest absolute Gasteiger partial charge is 0.481 e. The van der Waals surface area contributed by atoms with Crippen molar-refractivity contribution in [1.82, 2.24) is 4.90 Å². The Morgan fingerprint density at radius 2 is 2.10 bits per heavy atom. The van der Waals surface area contributed by atoms with Crippen LogP contribution in [0.3, 0.4) is 0 Å². The Balaban J connectivity index is 2.14. The Bertz CT molecular complexity index is 510. The maximum atomic E-state index is 11.7. The highest BCUT2D eigenvalue weighted by atomic mass is 16.4. The van der Waals surface area contributed by atoms with E-state index in [2.05, 4.69) is 36.9 Å². The van der Waals surface area contributed by atoms with Gasteiger partial charge in [-0.15, -0.1) is 0 Å². The summed E-state index contributed by atoms with van der Waals surface area (Å²) in [5.74, 6) is -0.473. The molecule has 1 aromatic carbocycles. The lowest BCUT2D eigenvalue weighted by Crippen LogP contribution is -2.39. The van der Waals surface area contributed by atoms with Crippen LogP contribution in [-0.4, -0.2) is 29.1 Å². The average Bonchev–Trinajstić information content (AvgIpc) is 2.79. The Morgan fingerprint density at radius 1 is 1.40 bits per heavy atom. The molecule has 1 aromatic rings. The molecule has 1 atom stereocenters. The molecule has 3 nitrogen and oxygen atoms in total. The molecule has 110 valence electrons. The fourth-order valence-electron chi connectivity index (χ4n) is 3.15. The van der Waals surface area contributed by atoms with Crippen molar-refractivity contribution >= 4 is 5.97 Å². The summed E-state index contributed by atoms with van der Waals surface area (Å²) < 4.78 is 0. The number of likely N-dealkylation sites (tertiary alicyclic amines) is 1. The molecule has 2 rings (SSSR count). The van der Waals surface area contributed by atoms with Crippen LogP contribution in [0.1, 0.15) is 37.0 Å². The van der Waals surface area contributed by atoms with Crippen molar-refractivity contribution in [3.63, 3.8) is 0 Å². The summed E-state index contributed by atoms with van der Waals surface area (Å²) in [4.78, 5) is 13.9. The van der Waals surface area contributed by atoms with Gasteiger partial charge < -0.3 is 5.11 Å². The lowest BCUT2D eigenvalue weighted by molar-refractivity contribution is -0.151. The van der Waals surface area contributed by atoms with Gasteiger partial charge in [-0.1, -0.05) is 37.6 Å². The number of rotatable bonds is 4. The van der Waals surface area contributed by atoms with Crippen LogP contribution in [0.2, 0.25) is 0 Å². The van der Waals surface area contributed by atoms with Gasteiger partial charge in [-0.3, -0.25) is 9.69 Å². The lowest BCUT2D eigenvalue weighted by atomic mass is 9.76. The predicted octanol–water partition coefficient (Wildman–Crippen LogP) is 3.24. The van der Waals surface area contributed by atoms with Gasteiger partial charge in [0.15, 0.2) is 0 Å². The van der Waals surface area contributed by atoms with Crippen LogP contribution in [0.4, 0.5) is 0 Å². The molecule has 0 aliphatic carbocycles. The van der Waals surface area contributed by atoms with Crippen molar-refractivity contribution in [3.05, 3.63) is 34.9 Å². The number of aryl methyl sites for hydroxylation is 2. The quantitative estimate of drug-likeness (QED) is 0.917. The maximum absolute atomic E-state index is 11.7. The van der Waals surface area contributed by atoms with Gasteiger partial charge in [-0.05, 0) is 43.9 Å². The molecule has 1 aliphatic rings. The minimum absolute atomic E-state index is 0.170. The molecule has 0 amide bonds. The number of nitrogens with zero attached hydrogens (tertiary/aromatic N) is 1. The van der Waals surface area contributed by atoms with E-state index in [0.29, 0.717) is 6.54 Å². The zero-order valence-electron chi connectivity index (χ0n) is 12.9. The van der Waals surface area contributed by atoms with E-state index in [-0.39, 0.29) is 5.92 Å². The van der Waals surface area contributed by atoms with Gasteiger partial charge in [-0.25, -0.2) is 0 Å². The standard InChI is InChI=1S/C17H25NO2/c1-12(2)17(16(19)20)7-8-18(11-17)10-15-9-13(3)5-6-14(15)4/h5-6,9,12H,7-8,10-11H2,1-4H3,(H,19,20). The molecule has 3 heteroatoms. The Hall–Kier alpha value is -1.35. The van der Waals surface area contributed by atoms with E-state index in [9.17, 15) is 9.90 Å². The molecule has 0 saturated carbocycles. The topological polar surface area (TPSA) is 40.5 Å². The van der Waals surface area contributed by atoms with E-state index in [4.69, 9.17) is 0 Å². The van der Waals surface area contributed by atoms with Crippen molar-refractivity contribution in [2.75, 3.05) is 13.1 Å². The van der Waals surface area contributed by atoms with E-state index >= 15 is 0 Å². The lowest BCUT2D eigenvalue weighted by Gasteiger charge is -2.29.